The molecule has 2 heterocycles. The van der Waals surface area contributed by atoms with E-state index in [1.807, 2.05) is 0 Å². The molecule has 0 aliphatic carbocycles. The Balaban J connectivity index is 2.80. The van der Waals surface area contributed by atoms with Gasteiger partial charge in [-0.2, -0.15) is 0 Å². The maximum atomic E-state index is 10.7. The molecule has 66 valence electrons. The Labute approximate surface area is 73.6 Å². The molecule has 0 aliphatic rings. The number of pyridine rings is 1. The third-order valence-electron chi connectivity index (χ3n) is 1.98. The quantitative estimate of drug-likeness (QED) is 0.697. The third kappa shape index (κ3) is 1.05. The zero-order chi connectivity index (χ0) is 9.42. The van der Waals surface area contributed by atoms with Gasteiger partial charge in [-0.3, -0.25) is 0 Å². The Morgan fingerprint density at radius 2 is 2.38 bits per heavy atom. The first kappa shape index (κ1) is 7.72. The highest BCUT2D eigenvalue weighted by atomic mass is 16.4. The Morgan fingerprint density at radius 3 is 3.08 bits per heavy atom. The van der Waals surface area contributed by atoms with Crippen molar-refractivity contribution in [1.29, 1.82) is 0 Å². The second-order valence-electron chi connectivity index (χ2n) is 2.72. The number of aromatic nitrogens is 3. The molecule has 0 atom stereocenters. The van der Waals surface area contributed by atoms with Gasteiger partial charge in [-0.25, -0.2) is 9.31 Å². The monoisotopic (exact) mass is 177 g/mol. The van der Waals surface area contributed by atoms with E-state index in [2.05, 4.69) is 10.3 Å². The zero-order valence-electron chi connectivity index (χ0n) is 6.93. The van der Waals surface area contributed by atoms with Crippen LogP contribution in [0.4, 0.5) is 0 Å². The van der Waals surface area contributed by atoms with Crippen molar-refractivity contribution >= 4 is 11.5 Å². The summed E-state index contributed by atoms with van der Waals surface area (Å²) in [7, 11) is 0. The van der Waals surface area contributed by atoms with E-state index in [4.69, 9.17) is 5.11 Å². The predicted molar refractivity (Wildman–Crippen MR) is 44.7 cm³/mol. The minimum absolute atomic E-state index is 0.287. The normalized spacial score (nSPS) is 10.5. The van der Waals surface area contributed by atoms with Crippen molar-refractivity contribution in [3.63, 3.8) is 0 Å². The van der Waals surface area contributed by atoms with Gasteiger partial charge in [0.2, 0.25) is 0 Å². The molecule has 0 saturated carbocycles. The average Bonchev–Trinajstić information content (AvgIpc) is 2.52. The number of hydrogen-bond donors (Lipinski definition) is 1. The lowest BCUT2D eigenvalue weighted by Gasteiger charge is -2.00. The van der Waals surface area contributed by atoms with Crippen LogP contribution in [0.25, 0.3) is 5.52 Å². The van der Waals surface area contributed by atoms with Gasteiger partial charge in [-0.05, 0) is 18.6 Å². The van der Waals surface area contributed by atoms with Crippen LogP contribution < -0.4 is 0 Å². The standard InChI is InChI=1S/C8H7N3O2/c1-5-6(8(12)13)2-3-11-7(5)4-9-10-11/h2-4H,1H3,(H,12,13). The first-order valence-corrected chi connectivity index (χ1v) is 3.73. The van der Waals surface area contributed by atoms with Crippen LogP contribution in [-0.2, 0) is 0 Å². The van der Waals surface area contributed by atoms with Gasteiger partial charge in [0.15, 0.2) is 0 Å². The van der Waals surface area contributed by atoms with E-state index in [1.165, 1.54) is 6.07 Å². The van der Waals surface area contributed by atoms with Crippen molar-refractivity contribution in [3.8, 4) is 0 Å². The molecular weight excluding hydrogens is 170 g/mol. The lowest BCUT2D eigenvalue weighted by Crippen LogP contribution is -2.02. The largest absolute Gasteiger partial charge is 0.478 e. The molecule has 0 amide bonds. The molecular formula is C8H7N3O2. The van der Waals surface area contributed by atoms with Crippen LogP contribution in [0.3, 0.4) is 0 Å². The van der Waals surface area contributed by atoms with Gasteiger partial charge >= 0.3 is 5.97 Å². The maximum absolute atomic E-state index is 10.7. The molecule has 5 heteroatoms. The van der Waals surface area contributed by atoms with Gasteiger partial charge in [0, 0.05) is 6.20 Å². The van der Waals surface area contributed by atoms with Gasteiger partial charge in [-0.15, -0.1) is 5.10 Å². The highest BCUT2D eigenvalue weighted by Crippen LogP contribution is 2.13. The maximum Gasteiger partial charge on any atom is 0.336 e. The number of carboxylic acid groups (broad SMARTS) is 1. The van der Waals surface area contributed by atoms with Gasteiger partial charge in [0.25, 0.3) is 0 Å². The van der Waals surface area contributed by atoms with Gasteiger partial charge < -0.3 is 5.11 Å². The van der Waals surface area contributed by atoms with Crippen molar-refractivity contribution in [1.82, 2.24) is 14.8 Å². The Hall–Kier alpha value is -1.91. The molecule has 0 aromatic carbocycles. The van der Waals surface area contributed by atoms with Crippen LogP contribution >= 0.6 is 0 Å². The van der Waals surface area contributed by atoms with Crippen molar-refractivity contribution in [2.45, 2.75) is 6.92 Å². The lowest BCUT2D eigenvalue weighted by molar-refractivity contribution is 0.0696. The van der Waals surface area contributed by atoms with Crippen LogP contribution in [0.15, 0.2) is 18.5 Å². The first-order chi connectivity index (χ1) is 6.20. The number of aryl methyl sites for hydroxylation is 1. The summed E-state index contributed by atoms with van der Waals surface area (Å²) < 4.78 is 1.54. The molecule has 0 bridgehead atoms. The summed E-state index contributed by atoms with van der Waals surface area (Å²) in [6.45, 7) is 1.74. The number of nitrogens with zero attached hydrogens (tertiary/aromatic N) is 3. The summed E-state index contributed by atoms with van der Waals surface area (Å²) in [6.07, 6.45) is 3.13. The van der Waals surface area contributed by atoms with Crippen molar-refractivity contribution in [2.75, 3.05) is 0 Å². The molecule has 0 radical (unpaired) electrons. The summed E-state index contributed by atoms with van der Waals surface area (Å²) in [5.41, 5.74) is 1.69. The lowest BCUT2D eigenvalue weighted by atomic mass is 10.1. The molecule has 0 unspecified atom stereocenters. The fraction of sp³-hybridized carbons (Fsp3) is 0.125. The number of carbonyl (C=O) groups is 1. The van der Waals surface area contributed by atoms with Crippen LogP contribution in [0.1, 0.15) is 15.9 Å². The number of carboxylic acids is 1. The predicted octanol–water partition coefficient (Wildman–Crippen LogP) is 0.736. The average molecular weight is 177 g/mol. The number of fused-ring (bicyclic) bond motifs is 1. The summed E-state index contributed by atoms with van der Waals surface area (Å²) in [6, 6.07) is 1.51. The second-order valence-corrected chi connectivity index (χ2v) is 2.72. The summed E-state index contributed by atoms with van der Waals surface area (Å²) in [5, 5.41) is 16.2. The molecule has 0 fully saturated rings. The van der Waals surface area contributed by atoms with Crippen molar-refractivity contribution < 1.29 is 9.90 Å². The van der Waals surface area contributed by atoms with Crippen LogP contribution in [0, 0.1) is 6.92 Å². The molecule has 0 saturated heterocycles. The molecule has 2 rings (SSSR count). The summed E-state index contributed by atoms with van der Waals surface area (Å²) in [4.78, 5) is 10.7. The highest BCUT2D eigenvalue weighted by Gasteiger charge is 2.10. The Bertz CT molecular complexity index is 475. The highest BCUT2D eigenvalue weighted by molar-refractivity contribution is 5.91. The molecule has 2 aromatic heterocycles. The van der Waals surface area contributed by atoms with Crippen molar-refractivity contribution in [3.05, 3.63) is 29.6 Å². The van der Waals surface area contributed by atoms with E-state index < -0.39 is 5.97 Å². The Morgan fingerprint density at radius 1 is 1.62 bits per heavy atom. The first-order valence-electron chi connectivity index (χ1n) is 3.73. The van der Waals surface area contributed by atoms with Gasteiger partial charge in [0.1, 0.15) is 0 Å². The third-order valence-corrected chi connectivity index (χ3v) is 1.98. The van der Waals surface area contributed by atoms with Gasteiger partial charge in [0.05, 0.1) is 17.3 Å². The van der Waals surface area contributed by atoms with Crippen LogP contribution in [0.5, 0.6) is 0 Å². The fourth-order valence-corrected chi connectivity index (χ4v) is 1.26. The molecule has 2 aromatic rings. The molecule has 0 aliphatic heterocycles. The van der Waals surface area contributed by atoms with Crippen LogP contribution in [0.2, 0.25) is 0 Å². The molecule has 1 N–H and O–H groups in total. The summed E-state index contributed by atoms with van der Waals surface area (Å²) in [5.74, 6) is -0.929. The molecule has 5 nitrogen and oxygen atoms in total. The SMILES string of the molecule is Cc1c(C(=O)O)ccn2nncc12. The fourth-order valence-electron chi connectivity index (χ4n) is 1.26. The van der Waals surface area contributed by atoms with Crippen molar-refractivity contribution in [2.24, 2.45) is 0 Å². The molecule has 13 heavy (non-hydrogen) atoms. The van der Waals surface area contributed by atoms with E-state index in [0.29, 0.717) is 5.56 Å². The van der Waals surface area contributed by atoms with Crippen LogP contribution in [-0.4, -0.2) is 25.9 Å². The minimum atomic E-state index is -0.929. The zero-order valence-corrected chi connectivity index (χ0v) is 6.93. The smallest absolute Gasteiger partial charge is 0.336 e. The van der Waals surface area contributed by atoms with E-state index in [-0.39, 0.29) is 5.56 Å². The van der Waals surface area contributed by atoms with E-state index >= 15 is 0 Å². The topological polar surface area (TPSA) is 67.5 Å². The summed E-state index contributed by atoms with van der Waals surface area (Å²) >= 11 is 0. The number of hydrogen-bond acceptors (Lipinski definition) is 3. The number of aromatic carboxylic acids is 1. The second kappa shape index (κ2) is 2.55. The molecule has 0 spiro atoms. The Kier molecular flexibility index (Phi) is 1.51. The van der Waals surface area contributed by atoms with E-state index in [1.54, 1.807) is 23.8 Å². The number of rotatable bonds is 1. The minimum Gasteiger partial charge on any atom is -0.478 e. The van der Waals surface area contributed by atoms with Gasteiger partial charge in [-0.1, -0.05) is 5.21 Å². The van der Waals surface area contributed by atoms with E-state index in [9.17, 15) is 4.79 Å². The van der Waals surface area contributed by atoms with E-state index in [0.717, 1.165) is 5.52 Å².